The van der Waals surface area contributed by atoms with Gasteiger partial charge in [-0.25, -0.2) is 4.98 Å². The van der Waals surface area contributed by atoms with Gasteiger partial charge >= 0.3 is 0 Å². The van der Waals surface area contributed by atoms with E-state index in [4.69, 9.17) is 0 Å². The van der Waals surface area contributed by atoms with Crippen LogP contribution in [-0.4, -0.2) is 32.6 Å². The Hall–Kier alpha value is -2.11. The summed E-state index contributed by atoms with van der Waals surface area (Å²) in [5, 5.41) is 9.34. The molecule has 16 heavy (non-hydrogen) atoms. The zero-order chi connectivity index (χ0) is 11.2. The van der Waals surface area contributed by atoms with Crippen LogP contribution in [0.3, 0.4) is 0 Å². The van der Waals surface area contributed by atoms with Gasteiger partial charge in [0.05, 0.1) is 0 Å². The van der Waals surface area contributed by atoms with Crippen molar-refractivity contribution in [3.63, 3.8) is 0 Å². The van der Waals surface area contributed by atoms with Crippen LogP contribution in [0.2, 0.25) is 0 Å². The standard InChI is InChI=1S/C10H13N5O/c16-10(8-3-1-5-11-8)12-6-2-4-9-13-7-14-15-9/h1,3,5,7,11H,2,4,6H2,(H,12,16)(H,13,14,15). The molecule has 84 valence electrons. The molecule has 3 N–H and O–H groups in total. The Morgan fingerprint density at radius 3 is 3.12 bits per heavy atom. The molecule has 0 unspecified atom stereocenters. The fourth-order valence-electron chi connectivity index (χ4n) is 1.38. The van der Waals surface area contributed by atoms with Gasteiger partial charge in [0.25, 0.3) is 5.91 Å². The Balaban J connectivity index is 1.67. The summed E-state index contributed by atoms with van der Waals surface area (Å²) in [6.07, 6.45) is 4.82. The van der Waals surface area contributed by atoms with E-state index in [1.165, 1.54) is 6.33 Å². The van der Waals surface area contributed by atoms with Crippen LogP contribution in [0.4, 0.5) is 0 Å². The molecule has 2 rings (SSSR count). The fraction of sp³-hybridized carbons (Fsp3) is 0.300. The van der Waals surface area contributed by atoms with Crippen molar-refractivity contribution in [3.8, 4) is 0 Å². The molecule has 0 atom stereocenters. The number of rotatable bonds is 5. The third kappa shape index (κ3) is 2.69. The molecule has 2 aromatic rings. The van der Waals surface area contributed by atoms with Gasteiger partial charge in [0.1, 0.15) is 17.8 Å². The van der Waals surface area contributed by atoms with Gasteiger partial charge in [0, 0.05) is 19.2 Å². The molecule has 0 saturated heterocycles. The average Bonchev–Trinajstić information content (AvgIpc) is 2.96. The Labute approximate surface area is 92.5 Å². The second kappa shape index (κ2) is 5.11. The van der Waals surface area contributed by atoms with Gasteiger partial charge in [-0.1, -0.05) is 0 Å². The van der Waals surface area contributed by atoms with Crippen LogP contribution in [0.1, 0.15) is 22.7 Å². The van der Waals surface area contributed by atoms with Crippen molar-refractivity contribution < 1.29 is 4.79 Å². The highest BCUT2D eigenvalue weighted by Gasteiger charge is 2.04. The molecule has 0 aromatic carbocycles. The summed E-state index contributed by atoms with van der Waals surface area (Å²) >= 11 is 0. The summed E-state index contributed by atoms with van der Waals surface area (Å²) in [4.78, 5) is 18.3. The fourth-order valence-corrected chi connectivity index (χ4v) is 1.38. The number of hydrogen-bond donors (Lipinski definition) is 3. The smallest absolute Gasteiger partial charge is 0.267 e. The number of carbonyl (C=O) groups is 1. The van der Waals surface area contributed by atoms with Crippen molar-refractivity contribution in [3.05, 3.63) is 36.2 Å². The van der Waals surface area contributed by atoms with Crippen LogP contribution >= 0.6 is 0 Å². The maximum Gasteiger partial charge on any atom is 0.267 e. The first-order valence-corrected chi connectivity index (χ1v) is 5.12. The van der Waals surface area contributed by atoms with E-state index >= 15 is 0 Å². The zero-order valence-electron chi connectivity index (χ0n) is 8.73. The lowest BCUT2D eigenvalue weighted by molar-refractivity contribution is 0.0949. The number of carbonyl (C=O) groups excluding carboxylic acids is 1. The lowest BCUT2D eigenvalue weighted by Crippen LogP contribution is -2.25. The summed E-state index contributed by atoms with van der Waals surface area (Å²) in [5.41, 5.74) is 0.583. The molecule has 0 saturated carbocycles. The Bertz CT molecular complexity index is 420. The summed E-state index contributed by atoms with van der Waals surface area (Å²) in [6, 6.07) is 3.54. The topological polar surface area (TPSA) is 86.5 Å². The summed E-state index contributed by atoms with van der Waals surface area (Å²) in [6.45, 7) is 0.624. The van der Waals surface area contributed by atoms with Gasteiger partial charge in [0.2, 0.25) is 0 Å². The first kappa shape index (κ1) is 10.4. The van der Waals surface area contributed by atoms with E-state index in [-0.39, 0.29) is 5.91 Å². The molecule has 6 heteroatoms. The lowest BCUT2D eigenvalue weighted by Gasteiger charge is -2.02. The SMILES string of the molecule is O=C(NCCCc1ncn[nH]1)c1ccc[nH]1. The minimum atomic E-state index is -0.0810. The largest absolute Gasteiger partial charge is 0.357 e. The van der Waals surface area contributed by atoms with E-state index in [1.54, 1.807) is 18.3 Å². The molecule has 0 aliphatic carbocycles. The van der Waals surface area contributed by atoms with Crippen LogP contribution < -0.4 is 5.32 Å². The highest BCUT2D eigenvalue weighted by molar-refractivity contribution is 5.92. The number of nitrogens with one attached hydrogen (secondary N) is 3. The van der Waals surface area contributed by atoms with E-state index in [0.29, 0.717) is 12.2 Å². The number of hydrogen-bond acceptors (Lipinski definition) is 3. The number of aryl methyl sites for hydroxylation is 1. The maximum absolute atomic E-state index is 11.5. The number of aromatic amines is 2. The molecule has 1 amide bonds. The van der Waals surface area contributed by atoms with E-state index in [0.717, 1.165) is 18.7 Å². The highest BCUT2D eigenvalue weighted by atomic mass is 16.1. The van der Waals surface area contributed by atoms with Gasteiger partial charge in [-0.05, 0) is 18.6 Å². The number of H-pyrrole nitrogens is 2. The van der Waals surface area contributed by atoms with Crippen molar-refractivity contribution >= 4 is 5.91 Å². The summed E-state index contributed by atoms with van der Waals surface area (Å²) in [7, 11) is 0. The predicted octanol–water partition coefficient (Wildman–Crippen LogP) is 0.495. The van der Waals surface area contributed by atoms with Crippen LogP contribution in [-0.2, 0) is 6.42 Å². The molecule has 0 bridgehead atoms. The molecular weight excluding hydrogens is 206 g/mol. The van der Waals surface area contributed by atoms with Gasteiger partial charge < -0.3 is 10.3 Å². The first-order chi connectivity index (χ1) is 7.86. The normalized spacial score (nSPS) is 10.2. The monoisotopic (exact) mass is 219 g/mol. The quantitative estimate of drug-likeness (QED) is 0.640. The third-order valence-corrected chi connectivity index (χ3v) is 2.18. The minimum absolute atomic E-state index is 0.0810. The van der Waals surface area contributed by atoms with Gasteiger partial charge in [-0.2, -0.15) is 5.10 Å². The van der Waals surface area contributed by atoms with Crippen molar-refractivity contribution in [1.29, 1.82) is 0 Å². The lowest BCUT2D eigenvalue weighted by atomic mass is 10.3. The second-order valence-electron chi connectivity index (χ2n) is 3.38. The third-order valence-electron chi connectivity index (χ3n) is 2.18. The molecule has 0 aliphatic heterocycles. The molecular formula is C10H13N5O. The Morgan fingerprint density at radius 2 is 2.44 bits per heavy atom. The molecule has 0 fully saturated rings. The van der Waals surface area contributed by atoms with E-state index in [9.17, 15) is 4.79 Å². The van der Waals surface area contributed by atoms with Crippen molar-refractivity contribution in [2.24, 2.45) is 0 Å². The molecule has 0 aliphatic rings. The van der Waals surface area contributed by atoms with Crippen LogP contribution in [0.5, 0.6) is 0 Å². The Kier molecular flexibility index (Phi) is 3.32. The zero-order valence-corrected chi connectivity index (χ0v) is 8.73. The number of aromatic nitrogens is 4. The average molecular weight is 219 g/mol. The number of amides is 1. The van der Waals surface area contributed by atoms with E-state index < -0.39 is 0 Å². The van der Waals surface area contributed by atoms with Crippen LogP contribution in [0, 0.1) is 0 Å². The molecule has 2 heterocycles. The number of nitrogens with zero attached hydrogens (tertiary/aromatic N) is 2. The van der Waals surface area contributed by atoms with Crippen LogP contribution in [0.15, 0.2) is 24.7 Å². The molecule has 0 spiro atoms. The predicted molar refractivity (Wildman–Crippen MR) is 57.8 cm³/mol. The maximum atomic E-state index is 11.5. The highest BCUT2D eigenvalue weighted by Crippen LogP contribution is 1.95. The van der Waals surface area contributed by atoms with E-state index in [2.05, 4.69) is 25.5 Å². The second-order valence-corrected chi connectivity index (χ2v) is 3.38. The Morgan fingerprint density at radius 1 is 1.50 bits per heavy atom. The molecule has 2 aromatic heterocycles. The molecule has 6 nitrogen and oxygen atoms in total. The summed E-state index contributed by atoms with van der Waals surface area (Å²) < 4.78 is 0. The van der Waals surface area contributed by atoms with Gasteiger partial charge in [0.15, 0.2) is 0 Å². The summed E-state index contributed by atoms with van der Waals surface area (Å²) in [5.74, 6) is 0.761. The minimum Gasteiger partial charge on any atom is -0.357 e. The van der Waals surface area contributed by atoms with Crippen molar-refractivity contribution in [2.75, 3.05) is 6.54 Å². The van der Waals surface area contributed by atoms with Gasteiger partial charge in [-0.15, -0.1) is 0 Å². The van der Waals surface area contributed by atoms with Gasteiger partial charge in [-0.3, -0.25) is 9.89 Å². The molecule has 0 radical (unpaired) electrons. The first-order valence-electron chi connectivity index (χ1n) is 5.12. The van der Waals surface area contributed by atoms with Crippen molar-refractivity contribution in [1.82, 2.24) is 25.5 Å². The van der Waals surface area contributed by atoms with Crippen LogP contribution in [0.25, 0.3) is 0 Å². The van der Waals surface area contributed by atoms with Crippen molar-refractivity contribution in [2.45, 2.75) is 12.8 Å². The van der Waals surface area contributed by atoms with E-state index in [1.807, 2.05) is 0 Å².